The van der Waals surface area contributed by atoms with E-state index in [1.54, 1.807) is 0 Å². The number of fused-ring (bicyclic) bond motifs is 1. The van der Waals surface area contributed by atoms with Crippen LogP contribution < -0.4 is 5.32 Å². The molecule has 3 rings (SSSR count). The summed E-state index contributed by atoms with van der Waals surface area (Å²) in [7, 11) is 0. The van der Waals surface area contributed by atoms with E-state index in [1.165, 1.54) is 29.5 Å². The molecule has 1 aliphatic carbocycles. The van der Waals surface area contributed by atoms with Crippen LogP contribution in [0.3, 0.4) is 0 Å². The predicted octanol–water partition coefficient (Wildman–Crippen LogP) is 3.79. The summed E-state index contributed by atoms with van der Waals surface area (Å²) in [4.78, 5) is 16.4. The van der Waals surface area contributed by atoms with Gasteiger partial charge in [0, 0.05) is 4.88 Å². The largest absolute Gasteiger partial charge is 0.481 e. The summed E-state index contributed by atoms with van der Waals surface area (Å²) in [5.74, 6) is -1.80. The molecular weight excluding hydrogens is 303 g/mol. The molecule has 1 unspecified atom stereocenters. The summed E-state index contributed by atoms with van der Waals surface area (Å²) >= 11 is 7.36. The van der Waals surface area contributed by atoms with Crippen LogP contribution in [0.2, 0.25) is 5.02 Å². The van der Waals surface area contributed by atoms with Gasteiger partial charge in [-0.2, -0.15) is 0 Å². The second-order valence-electron chi connectivity index (χ2n) is 4.51. The minimum Gasteiger partial charge on any atom is -0.481 e. The molecule has 0 fully saturated rings. The summed E-state index contributed by atoms with van der Waals surface area (Å²) in [6.45, 7) is 0. The van der Waals surface area contributed by atoms with Gasteiger partial charge in [0.15, 0.2) is 5.13 Å². The summed E-state index contributed by atoms with van der Waals surface area (Å²) < 4.78 is 13.2. The van der Waals surface area contributed by atoms with Crippen molar-refractivity contribution in [1.29, 1.82) is 0 Å². The minimum absolute atomic E-state index is 0.386. The zero-order chi connectivity index (χ0) is 14.3. The molecule has 2 N–H and O–H groups in total. The fraction of sp³-hybridized carbons (Fsp3) is 0.231. The fourth-order valence-corrected chi connectivity index (χ4v) is 3.44. The summed E-state index contributed by atoms with van der Waals surface area (Å²) in [6.07, 6.45) is 1.30. The molecule has 20 heavy (non-hydrogen) atoms. The van der Waals surface area contributed by atoms with Gasteiger partial charge >= 0.3 is 5.97 Å². The van der Waals surface area contributed by atoms with Crippen LogP contribution in [0.15, 0.2) is 18.2 Å². The normalized spacial score (nSPS) is 17.0. The molecule has 104 valence electrons. The Morgan fingerprint density at radius 1 is 1.55 bits per heavy atom. The Balaban J connectivity index is 1.88. The third-order valence-corrected chi connectivity index (χ3v) is 4.56. The van der Waals surface area contributed by atoms with Gasteiger partial charge in [0.1, 0.15) is 11.7 Å². The van der Waals surface area contributed by atoms with Crippen molar-refractivity contribution >= 4 is 39.7 Å². The Kier molecular flexibility index (Phi) is 3.35. The maximum atomic E-state index is 13.2. The first kappa shape index (κ1) is 13.3. The molecule has 0 bridgehead atoms. The number of rotatable bonds is 3. The Morgan fingerprint density at radius 2 is 2.35 bits per heavy atom. The number of benzene rings is 1. The van der Waals surface area contributed by atoms with Gasteiger partial charge in [0.2, 0.25) is 0 Å². The SMILES string of the molecule is O=C(O)C1CCc2sc(Nc3cc(F)ccc3Cl)nc21. The van der Waals surface area contributed by atoms with Gasteiger partial charge < -0.3 is 10.4 Å². The van der Waals surface area contributed by atoms with E-state index in [2.05, 4.69) is 10.3 Å². The summed E-state index contributed by atoms with van der Waals surface area (Å²) in [5.41, 5.74) is 1.03. The molecule has 0 aliphatic heterocycles. The number of hydrogen-bond acceptors (Lipinski definition) is 4. The second kappa shape index (κ2) is 5.03. The van der Waals surface area contributed by atoms with E-state index < -0.39 is 17.7 Å². The second-order valence-corrected chi connectivity index (χ2v) is 6.00. The van der Waals surface area contributed by atoms with Crippen LogP contribution in [0.5, 0.6) is 0 Å². The first-order valence-electron chi connectivity index (χ1n) is 5.99. The molecule has 0 spiro atoms. The standard InChI is InChI=1S/C13H10ClFN2O2S/c14-8-3-1-6(15)5-9(8)16-13-17-11-7(12(18)19)2-4-10(11)20-13/h1,3,5,7H,2,4H2,(H,16,17)(H,18,19). The summed E-state index contributed by atoms with van der Waals surface area (Å²) in [5, 5.41) is 13.0. The van der Waals surface area contributed by atoms with Crippen LogP contribution in [0.1, 0.15) is 22.9 Å². The van der Waals surface area contributed by atoms with E-state index in [4.69, 9.17) is 16.7 Å². The zero-order valence-electron chi connectivity index (χ0n) is 10.2. The lowest BCUT2D eigenvalue weighted by molar-refractivity contribution is -0.138. The fourth-order valence-electron chi connectivity index (χ4n) is 2.23. The molecule has 0 saturated heterocycles. The van der Waals surface area contributed by atoms with Crippen molar-refractivity contribution in [1.82, 2.24) is 4.98 Å². The number of aromatic nitrogens is 1. The van der Waals surface area contributed by atoms with Crippen molar-refractivity contribution < 1.29 is 14.3 Å². The molecular formula is C13H10ClFN2O2S. The quantitative estimate of drug-likeness (QED) is 0.905. The van der Waals surface area contributed by atoms with Gasteiger partial charge in [-0.15, -0.1) is 11.3 Å². The number of anilines is 2. The Labute approximate surface area is 123 Å². The first-order chi connectivity index (χ1) is 9.54. The maximum absolute atomic E-state index is 13.2. The molecule has 2 aromatic rings. The minimum atomic E-state index is -0.857. The zero-order valence-corrected chi connectivity index (χ0v) is 11.8. The van der Waals surface area contributed by atoms with Gasteiger partial charge in [-0.3, -0.25) is 4.79 Å². The van der Waals surface area contributed by atoms with Crippen LogP contribution in [0.4, 0.5) is 15.2 Å². The number of aryl methyl sites for hydroxylation is 1. The van der Waals surface area contributed by atoms with Gasteiger partial charge in [-0.05, 0) is 31.0 Å². The average Bonchev–Trinajstić information content (AvgIpc) is 2.92. The van der Waals surface area contributed by atoms with E-state index in [9.17, 15) is 9.18 Å². The maximum Gasteiger partial charge on any atom is 0.312 e. The third kappa shape index (κ3) is 2.36. The van der Waals surface area contributed by atoms with Gasteiger partial charge in [-0.25, -0.2) is 9.37 Å². The molecule has 4 nitrogen and oxygen atoms in total. The first-order valence-corrected chi connectivity index (χ1v) is 7.18. The number of hydrogen-bond donors (Lipinski definition) is 2. The van der Waals surface area contributed by atoms with Crippen LogP contribution in [-0.2, 0) is 11.2 Å². The summed E-state index contributed by atoms with van der Waals surface area (Å²) in [6, 6.07) is 4.01. The number of carbonyl (C=O) groups is 1. The smallest absolute Gasteiger partial charge is 0.312 e. The molecule has 1 heterocycles. The highest BCUT2D eigenvalue weighted by molar-refractivity contribution is 7.15. The van der Waals surface area contributed by atoms with E-state index in [-0.39, 0.29) is 0 Å². The lowest BCUT2D eigenvalue weighted by Gasteiger charge is -2.06. The molecule has 1 atom stereocenters. The third-order valence-electron chi connectivity index (χ3n) is 3.19. The number of carboxylic acid groups (broad SMARTS) is 1. The Morgan fingerprint density at radius 3 is 3.10 bits per heavy atom. The highest BCUT2D eigenvalue weighted by atomic mass is 35.5. The highest BCUT2D eigenvalue weighted by Crippen LogP contribution is 2.39. The van der Waals surface area contributed by atoms with Crippen molar-refractivity contribution in [3.63, 3.8) is 0 Å². The average molecular weight is 313 g/mol. The number of nitrogens with one attached hydrogen (secondary N) is 1. The lowest BCUT2D eigenvalue weighted by atomic mass is 10.1. The Hall–Kier alpha value is -1.66. The molecule has 1 aromatic heterocycles. The van der Waals surface area contributed by atoms with E-state index in [0.29, 0.717) is 34.4 Å². The molecule has 1 aromatic carbocycles. The number of aliphatic carboxylic acids is 1. The Bertz CT molecular complexity index is 689. The van der Waals surface area contributed by atoms with Gasteiger partial charge in [0.25, 0.3) is 0 Å². The van der Waals surface area contributed by atoms with E-state index >= 15 is 0 Å². The molecule has 0 saturated carbocycles. The lowest BCUT2D eigenvalue weighted by Crippen LogP contribution is -2.08. The van der Waals surface area contributed by atoms with Crippen LogP contribution >= 0.6 is 22.9 Å². The number of halogens is 2. The topological polar surface area (TPSA) is 62.2 Å². The van der Waals surface area contributed by atoms with Crippen molar-refractivity contribution in [3.05, 3.63) is 39.6 Å². The van der Waals surface area contributed by atoms with Gasteiger partial charge in [-0.1, -0.05) is 11.6 Å². The number of nitrogens with zero attached hydrogens (tertiary/aromatic N) is 1. The van der Waals surface area contributed by atoms with Crippen LogP contribution in [0.25, 0.3) is 0 Å². The van der Waals surface area contributed by atoms with E-state index in [0.717, 1.165) is 4.88 Å². The van der Waals surface area contributed by atoms with Gasteiger partial charge in [0.05, 0.1) is 16.4 Å². The van der Waals surface area contributed by atoms with Crippen molar-refractivity contribution in [3.8, 4) is 0 Å². The molecule has 0 radical (unpaired) electrons. The van der Waals surface area contributed by atoms with Crippen molar-refractivity contribution in [2.24, 2.45) is 0 Å². The van der Waals surface area contributed by atoms with Crippen molar-refractivity contribution in [2.75, 3.05) is 5.32 Å². The molecule has 7 heteroatoms. The van der Waals surface area contributed by atoms with Crippen LogP contribution in [0, 0.1) is 5.82 Å². The predicted molar refractivity (Wildman–Crippen MR) is 75.5 cm³/mol. The van der Waals surface area contributed by atoms with E-state index in [1.807, 2.05) is 0 Å². The van der Waals surface area contributed by atoms with Crippen LogP contribution in [-0.4, -0.2) is 16.1 Å². The highest BCUT2D eigenvalue weighted by Gasteiger charge is 2.32. The molecule has 1 aliphatic rings. The molecule has 0 amide bonds. The number of carboxylic acids is 1. The number of thiazole rings is 1. The van der Waals surface area contributed by atoms with Crippen molar-refractivity contribution in [2.45, 2.75) is 18.8 Å². The monoisotopic (exact) mass is 312 g/mol.